The Morgan fingerprint density at radius 2 is 1.75 bits per heavy atom. The smallest absolute Gasteiger partial charge is 0.237 e. The first-order valence-electron chi connectivity index (χ1n) is 8.31. The molecule has 3 aromatic carbocycles. The van der Waals surface area contributed by atoms with Crippen LogP contribution in [-0.4, -0.2) is 18.2 Å². The summed E-state index contributed by atoms with van der Waals surface area (Å²) in [4.78, 5) is 15.8. The molecule has 0 N–H and O–H groups in total. The summed E-state index contributed by atoms with van der Waals surface area (Å²) in [6, 6.07) is 23.0. The molecule has 2 nitrogen and oxygen atoms in total. The molecule has 1 aliphatic rings. The molecule has 0 fully saturated rings. The van der Waals surface area contributed by atoms with Gasteiger partial charge in [0.05, 0.1) is 5.75 Å². The van der Waals surface area contributed by atoms with E-state index in [1.807, 2.05) is 23.1 Å². The maximum atomic E-state index is 12.7. The molecule has 1 amide bonds. The van der Waals surface area contributed by atoms with Gasteiger partial charge in [0.2, 0.25) is 5.91 Å². The van der Waals surface area contributed by atoms with Crippen molar-refractivity contribution in [1.29, 1.82) is 0 Å². The van der Waals surface area contributed by atoms with Gasteiger partial charge < -0.3 is 4.90 Å². The Hall–Kier alpha value is -2.26. The molecule has 0 spiro atoms. The molecule has 0 radical (unpaired) electrons. The van der Waals surface area contributed by atoms with E-state index in [0.717, 1.165) is 30.0 Å². The van der Waals surface area contributed by atoms with Gasteiger partial charge in [-0.25, -0.2) is 0 Å². The number of fused-ring (bicyclic) bond motifs is 2. The van der Waals surface area contributed by atoms with Crippen molar-refractivity contribution in [3.63, 3.8) is 0 Å². The molecular formula is C21H19NOS. The van der Waals surface area contributed by atoms with Crippen LogP contribution in [0.25, 0.3) is 10.8 Å². The summed E-state index contributed by atoms with van der Waals surface area (Å²) >= 11 is 1.62. The average Bonchev–Trinajstić information content (AvgIpc) is 2.65. The summed E-state index contributed by atoms with van der Waals surface area (Å²) in [5.74, 6) is 0.674. The summed E-state index contributed by atoms with van der Waals surface area (Å²) in [6.45, 7) is 0.828. The van der Waals surface area contributed by atoms with E-state index < -0.39 is 0 Å². The van der Waals surface area contributed by atoms with Gasteiger partial charge in [-0.3, -0.25) is 4.79 Å². The van der Waals surface area contributed by atoms with Gasteiger partial charge in [-0.2, -0.15) is 0 Å². The number of para-hydroxylation sites is 1. The van der Waals surface area contributed by atoms with Crippen molar-refractivity contribution in [1.82, 2.24) is 0 Å². The van der Waals surface area contributed by atoms with Crippen LogP contribution in [0.2, 0.25) is 0 Å². The predicted molar refractivity (Wildman–Crippen MR) is 102 cm³/mol. The summed E-state index contributed by atoms with van der Waals surface area (Å²) in [6.07, 6.45) is 2.11. The van der Waals surface area contributed by atoms with E-state index in [9.17, 15) is 4.79 Å². The maximum absolute atomic E-state index is 12.7. The maximum Gasteiger partial charge on any atom is 0.237 e. The highest BCUT2D eigenvalue weighted by Gasteiger charge is 2.21. The lowest BCUT2D eigenvalue weighted by Gasteiger charge is -2.29. The fourth-order valence-electron chi connectivity index (χ4n) is 3.27. The molecule has 120 valence electrons. The number of benzene rings is 3. The zero-order valence-electron chi connectivity index (χ0n) is 13.4. The third-order valence-electron chi connectivity index (χ3n) is 4.49. The summed E-state index contributed by atoms with van der Waals surface area (Å²) in [5, 5.41) is 2.46. The molecule has 3 heteroatoms. The summed E-state index contributed by atoms with van der Waals surface area (Å²) in [5.41, 5.74) is 2.38. The molecular weight excluding hydrogens is 314 g/mol. The van der Waals surface area contributed by atoms with Gasteiger partial charge in [0.25, 0.3) is 0 Å². The van der Waals surface area contributed by atoms with Gasteiger partial charge >= 0.3 is 0 Å². The van der Waals surface area contributed by atoms with Gasteiger partial charge in [-0.05, 0) is 47.4 Å². The highest BCUT2D eigenvalue weighted by molar-refractivity contribution is 8.00. The van der Waals surface area contributed by atoms with Crippen LogP contribution in [0.3, 0.4) is 0 Å². The van der Waals surface area contributed by atoms with E-state index in [4.69, 9.17) is 0 Å². The monoisotopic (exact) mass is 333 g/mol. The van der Waals surface area contributed by atoms with Gasteiger partial charge in [-0.15, -0.1) is 11.8 Å². The number of thioether (sulfide) groups is 1. The number of rotatable bonds is 3. The lowest BCUT2D eigenvalue weighted by atomic mass is 10.0. The number of aryl methyl sites for hydroxylation is 1. The second-order valence-electron chi connectivity index (χ2n) is 6.08. The molecule has 0 aliphatic carbocycles. The van der Waals surface area contributed by atoms with Gasteiger partial charge in [0.15, 0.2) is 0 Å². The molecule has 0 unspecified atom stereocenters. The van der Waals surface area contributed by atoms with Crippen LogP contribution >= 0.6 is 11.8 Å². The Morgan fingerprint density at radius 1 is 0.958 bits per heavy atom. The van der Waals surface area contributed by atoms with E-state index in [1.165, 1.54) is 16.3 Å². The van der Waals surface area contributed by atoms with Gasteiger partial charge in [0.1, 0.15) is 0 Å². The lowest BCUT2D eigenvalue weighted by molar-refractivity contribution is -0.116. The first-order chi connectivity index (χ1) is 11.8. The first-order valence-corrected chi connectivity index (χ1v) is 9.30. The third-order valence-corrected chi connectivity index (χ3v) is 5.47. The predicted octanol–water partition coefficient (Wildman–Crippen LogP) is 4.91. The molecule has 0 aromatic heterocycles. The topological polar surface area (TPSA) is 20.3 Å². The van der Waals surface area contributed by atoms with Crippen molar-refractivity contribution in [2.45, 2.75) is 17.7 Å². The van der Waals surface area contributed by atoms with Crippen molar-refractivity contribution in [3.8, 4) is 0 Å². The van der Waals surface area contributed by atoms with Gasteiger partial charge in [0, 0.05) is 17.1 Å². The number of carbonyl (C=O) groups excluding carboxylic acids is 1. The van der Waals surface area contributed by atoms with E-state index >= 15 is 0 Å². The zero-order valence-corrected chi connectivity index (χ0v) is 14.3. The number of anilines is 1. The average molecular weight is 333 g/mol. The van der Waals surface area contributed by atoms with E-state index in [1.54, 1.807) is 11.8 Å². The summed E-state index contributed by atoms with van der Waals surface area (Å²) < 4.78 is 0. The molecule has 0 saturated heterocycles. The molecule has 1 aliphatic heterocycles. The van der Waals surface area contributed by atoms with Crippen LogP contribution in [0.15, 0.2) is 71.6 Å². The fraction of sp³-hybridized carbons (Fsp3) is 0.190. The Labute approximate surface area is 146 Å². The highest BCUT2D eigenvalue weighted by atomic mass is 32.2. The summed E-state index contributed by atoms with van der Waals surface area (Å²) in [7, 11) is 0. The highest BCUT2D eigenvalue weighted by Crippen LogP contribution is 2.29. The minimum atomic E-state index is 0.195. The fourth-order valence-corrected chi connectivity index (χ4v) is 4.09. The minimum Gasteiger partial charge on any atom is -0.311 e. The van der Waals surface area contributed by atoms with E-state index in [0.29, 0.717) is 5.75 Å². The van der Waals surface area contributed by atoms with Crippen LogP contribution in [0.5, 0.6) is 0 Å². The second kappa shape index (κ2) is 6.70. The van der Waals surface area contributed by atoms with Crippen LogP contribution in [0.4, 0.5) is 5.69 Å². The van der Waals surface area contributed by atoms with Crippen molar-refractivity contribution in [2.75, 3.05) is 17.2 Å². The van der Waals surface area contributed by atoms with E-state index in [-0.39, 0.29) is 5.91 Å². The molecule has 4 rings (SSSR count). The second-order valence-corrected chi connectivity index (χ2v) is 7.12. The lowest BCUT2D eigenvalue weighted by Crippen LogP contribution is -2.36. The number of hydrogen-bond donors (Lipinski definition) is 0. The van der Waals surface area contributed by atoms with Crippen LogP contribution in [0, 0.1) is 0 Å². The van der Waals surface area contributed by atoms with Crippen LogP contribution in [0.1, 0.15) is 12.0 Å². The van der Waals surface area contributed by atoms with Crippen LogP contribution in [-0.2, 0) is 11.2 Å². The van der Waals surface area contributed by atoms with Gasteiger partial charge in [-0.1, -0.05) is 48.5 Å². The number of carbonyl (C=O) groups is 1. The Balaban J connectivity index is 1.48. The standard InChI is InChI=1S/C21H19NOS/c23-21(22-13-5-9-17-7-3-4-10-20(17)22)15-24-19-12-11-16-6-1-2-8-18(16)14-19/h1-4,6-8,10-12,14H,5,9,13,15H2. The molecule has 24 heavy (non-hydrogen) atoms. The van der Waals surface area contributed by atoms with Crippen molar-refractivity contribution in [3.05, 3.63) is 72.3 Å². The molecule has 3 aromatic rings. The Kier molecular flexibility index (Phi) is 4.26. The van der Waals surface area contributed by atoms with Crippen LogP contribution < -0.4 is 4.90 Å². The molecule has 0 saturated carbocycles. The zero-order chi connectivity index (χ0) is 16.4. The van der Waals surface area contributed by atoms with Crippen molar-refractivity contribution < 1.29 is 4.79 Å². The van der Waals surface area contributed by atoms with Crippen molar-refractivity contribution in [2.24, 2.45) is 0 Å². The van der Waals surface area contributed by atoms with Crippen molar-refractivity contribution >= 4 is 34.1 Å². The largest absolute Gasteiger partial charge is 0.311 e. The third kappa shape index (κ3) is 3.04. The number of amides is 1. The number of hydrogen-bond acceptors (Lipinski definition) is 2. The minimum absolute atomic E-state index is 0.195. The molecule has 1 heterocycles. The Bertz CT molecular complexity index is 890. The van der Waals surface area contributed by atoms with E-state index in [2.05, 4.69) is 48.5 Å². The first kappa shape index (κ1) is 15.3. The quantitative estimate of drug-likeness (QED) is 0.635. The SMILES string of the molecule is O=C(CSc1ccc2ccccc2c1)N1CCCc2ccccc21. The normalized spacial score (nSPS) is 13.8. The number of nitrogens with zero attached hydrogens (tertiary/aromatic N) is 1. The molecule has 0 atom stereocenters. The molecule has 0 bridgehead atoms. The Morgan fingerprint density at radius 3 is 2.67 bits per heavy atom.